The first-order valence-electron chi connectivity index (χ1n) is 5.36. The quantitative estimate of drug-likeness (QED) is 0.712. The number of fused-ring (bicyclic) bond motifs is 3. The summed E-state index contributed by atoms with van der Waals surface area (Å²) in [7, 11) is 1.83. The molecule has 3 aliphatic carbocycles. The average molecular weight is 184 g/mol. The Hall–Kier alpha value is -0.0800. The molecule has 0 spiro atoms. The molecule has 13 heavy (non-hydrogen) atoms. The van der Waals surface area contributed by atoms with Gasteiger partial charge in [-0.2, -0.15) is 0 Å². The van der Waals surface area contributed by atoms with E-state index < -0.39 is 0 Å². The number of ether oxygens (including phenoxy) is 1. The highest BCUT2D eigenvalue weighted by molar-refractivity contribution is 5.02. The second-order valence-corrected chi connectivity index (χ2v) is 4.93. The molecule has 1 N–H and O–H groups in total. The van der Waals surface area contributed by atoms with Crippen LogP contribution in [0.15, 0.2) is 0 Å². The van der Waals surface area contributed by atoms with Crippen molar-refractivity contribution in [3.63, 3.8) is 0 Å². The molecule has 2 nitrogen and oxygen atoms in total. The Morgan fingerprint density at radius 3 is 1.85 bits per heavy atom. The van der Waals surface area contributed by atoms with Crippen LogP contribution in [-0.4, -0.2) is 23.9 Å². The first-order chi connectivity index (χ1) is 6.13. The van der Waals surface area contributed by atoms with E-state index in [0.717, 1.165) is 38.5 Å². The molecule has 2 heteroatoms. The molecule has 0 aromatic rings. The normalized spacial score (nSPS) is 46.4. The number of aliphatic hydroxyl groups excluding tert-OH is 1. The van der Waals surface area contributed by atoms with E-state index in [9.17, 15) is 5.11 Å². The van der Waals surface area contributed by atoms with Crippen LogP contribution < -0.4 is 0 Å². The van der Waals surface area contributed by atoms with Crippen molar-refractivity contribution >= 4 is 0 Å². The molecule has 0 radical (unpaired) electrons. The highest BCUT2D eigenvalue weighted by atomic mass is 16.5. The fourth-order valence-corrected chi connectivity index (χ4v) is 3.11. The van der Waals surface area contributed by atoms with E-state index in [4.69, 9.17) is 4.74 Å². The van der Waals surface area contributed by atoms with Gasteiger partial charge < -0.3 is 9.84 Å². The van der Waals surface area contributed by atoms with E-state index in [2.05, 4.69) is 0 Å². The van der Waals surface area contributed by atoms with Gasteiger partial charge in [0, 0.05) is 7.11 Å². The van der Waals surface area contributed by atoms with Crippen molar-refractivity contribution < 1.29 is 9.84 Å². The van der Waals surface area contributed by atoms with Crippen LogP contribution in [0, 0.1) is 5.41 Å². The number of hydrogen-bond donors (Lipinski definition) is 1. The smallest absolute Gasteiger partial charge is 0.0679 e. The van der Waals surface area contributed by atoms with Gasteiger partial charge in [0.1, 0.15) is 0 Å². The second kappa shape index (κ2) is 2.96. The Bertz CT molecular complexity index is 174. The summed E-state index contributed by atoms with van der Waals surface area (Å²) in [6, 6.07) is 0. The van der Waals surface area contributed by atoms with Crippen LogP contribution in [0.25, 0.3) is 0 Å². The molecule has 76 valence electrons. The van der Waals surface area contributed by atoms with Gasteiger partial charge in [0.15, 0.2) is 0 Å². The van der Waals surface area contributed by atoms with Crippen molar-refractivity contribution in [2.75, 3.05) is 7.11 Å². The van der Waals surface area contributed by atoms with Crippen LogP contribution >= 0.6 is 0 Å². The summed E-state index contributed by atoms with van der Waals surface area (Å²) >= 11 is 0. The van der Waals surface area contributed by atoms with E-state index in [1.807, 2.05) is 14.0 Å². The molecule has 0 aliphatic heterocycles. The van der Waals surface area contributed by atoms with Gasteiger partial charge in [-0.1, -0.05) is 0 Å². The van der Waals surface area contributed by atoms with E-state index in [0.29, 0.717) is 0 Å². The SMILES string of the molecule is COC12CCC(C(C)O)(CC1)CC2. The molecule has 3 rings (SSSR count). The summed E-state index contributed by atoms with van der Waals surface area (Å²) in [5.74, 6) is 0. The van der Waals surface area contributed by atoms with Gasteiger partial charge in [0.05, 0.1) is 11.7 Å². The summed E-state index contributed by atoms with van der Waals surface area (Å²) in [5, 5.41) is 9.77. The van der Waals surface area contributed by atoms with Gasteiger partial charge in [0.2, 0.25) is 0 Å². The topological polar surface area (TPSA) is 29.5 Å². The maximum Gasteiger partial charge on any atom is 0.0679 e. The van der Waals surface area contributed by atoms with Crippen LogP contribution in [0.2, 0.25) is 0 Å². The zero-order chi connectivity index (χ0) is 9.53. The summed E-state index contributed by atoms with van der Waals surface area (Å²) in [6.45, 7) is 1.95. The van der Waals surface area contributed by atoms with Gasteiger partial charge >= 0.3 is 0 Å². The van der Waals surface area contributed by atoms with Crippen LogP contribution in [0.3, 0.4) is 0 Å². The molecule has 3 aliphatic rings. The Labute approximate surface area is 80.3 Å². The molecule has 0 heterocycles. The average Bonchev–Trinajstić information content (AvgIpc) is 2.20. The lowest BCUT2D eigenvalue weighted by molar-refractivity contribution is -0.145. The minimum absolute atomic E-state index is 0.136. The first-order valence-corrected chi connectivity index (χ1v) is 5.36. The fourth-order valence-electron chi connectivity index (χ4n) is 3.11. The van der Waals surface area contributed by atoms with Crippen LogP contribution in [0.1, 0.15) is 45.4 Å². The van der Waals surface area contributed by atoms with Crippen LogP contribution in [0.5, 0.6) is 0 Å². The minimum atomic E-state index is -0.136. The molecular weight excluding hydrogens is 164 g/mol. The molecule has 1 unspecified atom stereocenters. The van der Waals surface area contributed by atoms with Gasteiger partial charge in [0.25, 0.3) is 0 Å². The number of hydrogen-bond acceptors (Lipinski definition) is 2. The van der Waals surface area contributed by atoms with Crippen molar-refractivity contribution in [1.29, 1.82) is 0 Å². The Kier molecular flexibility index (Phi) is 2.16. The standard InChI is InChI=1S/C11H20O2/c1-9(12)10-3-6-11(13-2,7-4-10)8-5-10/h9,12H,3-8H2,1-2H3. The monoisotopic (exact) mass is 184 g/mol. The number of rotatable bonds is 2. The molecule has 2 bridgehead atoms. The first kappa shape index (κ1) is 9.47. The number of methoxy groups -OCH3 is 1. The zero-order valence-corrected chi connectivity index (χ0v) is 8.68. The molecule has 1 atom stereocenters. The predicted molar refractivity (Wildman–Crippen MR) is 51.6 cm³/mol. The third kappa shape index (κ3) is 1.31. The Morgan fingerprint density at radius 1 is 1.08 bits per heavy atom. The second-order valence-electron chi connectivity index (χ2n) is 4.93. The van der Waals surface area contributed by atoms with Gasteiger partial charge in [-0.15, -0.1) is 0 Å². The summed E-state index contributed by atoms with van der Waals surface area (Å²) in [5.41, 5.74) is 0.414. The predicted octanol–water partition coefficient (Wildman–Crippen LogP) is 2.11. The lowest BCUT2D eigenvalue weighted by Gasteiger charge is -2.54. The molecule has 0 aromatic heterocycles. The van der Waals surface area contributed by atoms with Crippen molar-refractivity contribution in [2.45, 2.75) is 57.2 Å². The molecule has 0 amide bonds. The van der Waals surface area contributed by atoms with Crippen LogP contribution in [0.4, 0.5) is 0 Å². The Morgan fingerprint density at radius 2 is 1.54 bits per heavy atom. The molecule has 3 saturated carbocycles. The summed E-state index contributed by atoms with van der Waals surface area (Å²) < 4.78 is 5.61. The zero-order valence-electron chi connectivity index (χ0n) is 8.68. The third-order valence-electron chi connectivity index (χ3n) is 4.55. The number of aliphatic hydroxyl groups is 1. The molecular formula is C11H20O2. The van der Waals surface area contributed by atoms with Crippen LogP contribution in [-0.2, 0) is 4.74 Å². The molecule has 0 saturated heterocycles. The molecule has 3 fully saturated rings. The van der Waals surface area contributed by atoms with Gasteiger partial charge in [-0.25, -0.2) is 0 Å². The van der Waals surface area contributed by atoms with E-state index in [1.165, 1.54) is 0 Å². The lowest BCUT2D eigenvalue weighted by Crippen LogP contribution is -2.51. The summed E-state index contributed by atoms with van der Waals surface area (Å²) in [4.78, 5) is 0. The highest BCUT2D eigenvalue weighted by Gasteiger charge is 2.50. The van der Waals surface area contributed by atoms with Gasteiger partial charge in [-0.05, 0) is 50.9 Å². The third-order valence-corrected chi connectivity index (χ3v) is 4.55. The van der Waals surface area contributed by atoms with Crippen molar-refractivity contribution in [3.8, 4) is 0 Å². The maximum absolute atomic E-state index is 9.77. The maximum atomic E-state index is 9.77. The van der Waals surface area contributed by atoms with Crippen molar-refractivity contribution in [3.05, 3.63) is 0 Å². The molecule has 0 aromatic carbocycles. The van der Waals surface area contributed by atoms with E-state index >= 15 is 0 Å². The van der Waals surface area contributed by atoms with E-state index in [-0.39, 0.29) is 17.1 Å². The minimum Gasteiger partial charge on any atom is -0.393 e. The lowest BCUT2D eigenvalue weighted by atomic mass is 9.56. The van der Waals surface area contributed by atoms with Crippen molar-refractivity contribution in [2.24, 2.45) is 5.41 Å². The Balaban J connectivity index is 2.11. The summed E-state index contributed by atoms with van der Waals surface area (Å²) in [6.07, 6.45) is 6.76. The van der Waals surface area contributed by atoms with E-state index in [1.54, 1.807) is 0 Å². The fraction of sp³-hybridized carbons (Fsp3) is 1.00. The van der Waals surface area contributed by atoms with Gasteiger partial charge in [-0.3, -0.25) is 0 Å². The van der Waals surface area contributed by atoms with Crippen molar-refractivity contribution in [1.82, 2.24) is 0 Å². The largest absolute Gasteiger partial charge is 0.393 e. The highest BCUT2D eigenvalue weighted by Crippen LogP contribution is 2.55.